The minimum Gasteiger partial charge on any atom is -0.489 e. The molecule has 1 atom stereocenters. The number of nitrogens with zero attached hydrogens (tertiary/aromatic N) is 4. The number of rotatable bonds is 10. The summed E-state index contributed by atoms with van der Waals surface area (Å²) in [4.78, 5) is 49.9. The Morgan fingerprint density at radius 2 is 1.89 bits per heavy atom. The number of hydrogen-bond acceptors (Lipinski definition) is 10. The molecule has 0 spiro atoms. The first-order valence-corrected chi connectivity index (χ1v) is 18.1. The molecule has 2 aliphatic heterocycles. The van der Waals surface area contributed by atoms with Crippen LogP contribution in [0.25, 0.3) is 11.0 Å². The van der Waals surface area contributed by atoms with Crippen molar-refractivity contribution >= 4 is 56.0 Å². The van der Waals surface area contributed by atoms with E-state index in [0.717, 1.165) is 10.0 Å². The van der Waals surface area contributed by atoms with Crippen molar-refractivity contribution in [1.29, 1.82) is 0 Å². The number of urea groups is 1. The molecule has 1 saturated heterocycles. The van der Waals surface area contributed by atoms with E-state index in [-0.39, 0.29) is 54.6 Å². The zero-order valence-electron chi connectivity index (χ0n) is 30.1. The Balaban J connectivity index is 1.03. The van der Waals surface area contributed by atoms with Crippen molar-refractivity contribution in [2.45, 2.75) is 58.4 Å². The topological polar surface area (TPSA) is 148 Å². The van der Waals surface area contributed by atoms with Gasteiger partial charge >= 0.3 is 17.8 Å². The summed E-state index contributed by atoms with van der Waals surface area (Å²) >= 11 is 3.50. The van der Waals surface area contributed by atoms with Gasteiger partial charge in [0.05, 0.1) is 49.1 Å². The number of halogens is 4. The van der Waals surface area contributed by atoms with E-state index in [1.807, 2.05) is 25.7 Å². The summed E-state index contributed by atoms with van der Waals surface area (Å²) in [5, 5.41) is 5.26. The Kier molecular flexibility index (Phi) is 11.5. The molecule has 2 aromatic carbocycles. The third kappa shape index (κ3) is 9.13. The Morgan fingerprint density at radius 3 is 2.63 bits per heavy atom. The number of aryl methyl sites for hydroxylation is 3. The van der Waals surface area contributed by atoms with Crippen LogP contribution in [0.3, 0.4) is 0 Å². The van der Waals surface area contributed by atoms with Crippen LogP contribution in [0.2, 0.25) is 0 Å². The van der Waals surface area contributed by atoms with Crippen LogP contribution in [-0.2, 0) is 26.9 Å². The molecule has 0 aliphatic carbocycles. The average molecular weight is 818 g/mol. The number of amides is 3. The first-order valence-electron chi connectivity index (χ1n) is 17.3. The van der Waals surface area contributed by atoms with E-state index >= 15 is 0 Å². The number of fused-ring (bicyclic) bond motifs is 2. The average Bonchev–Trinajstić information content (AvgIpc) is 3.11. The van der Waals surface area contributed by atoms with Crippen LogP contribution < -0.4 is 25.9 Å². The van der Waals surface area contributed by atoms with Crippen molar-refractivity contribution in [3.05, 3.63) is 80.0 Å². The molecule has 0 saturated carbocycles. The molecule has 17 heteroatoms. The summed E-state index contributed by atoms with van der Waals surface area (Å²) < 4.78 is 65.0. The molecule has 4 aromatic rings. The molecule has 54 heavy (non-hydrogen) atoms. The van der Waals surface area contributed by atoms with Gasteiger partial charge in [-0.1, -0.05) is 15.9 Å². The maximum Gasteiger partial charge on any atom is 0.417 e. The number of alkyl halides is 3. The lowest BCUT2D eigenvalue weighted by molar-refractivity contribution is -0.144. The number of carbonyl (C=O) groups excluding carboxylic acids is 2. The second-order valence-corrected chi connectivity index (χ2v) is 14.7. The zero-order valence-corrected chi connectivity index (χ0v) is 31.7. The van der Waals surface area contributed by atoms with Crippen LogP contribution in [-0.4, -0.2) is 84.5 Å². The van der Waals surface area contributed by atoms with Crippen LogP contribution in [0.15, 0.2) is 56.4 Å². The van der Waals surface area contributed by atoms with Gasteiger partial charge in [-0.05, 0) is 69.9 Å². The summed E-state index contributed by atoms with van der Waals surface area (Å²) in [6.45, 7) is 9.08. The molecular formula is C37H40BrF3N6O7. The van der Waals surface area contributed by atoms with Crippen LogP contribution in [0, 0.1) is 13.8 Å². The number of nitrogens with one attached hydrogen (secondary N) is 2. The number of benzene rings is 2. The highest BCUT2D eigenvalue weighted by molar-refractivity contribution is 9.10. The fraction of sp³-hybridized carbons (Fsp3) is 0.432. The second kappa shape index (κ2) is 15.9. The van der Waals surface area contributed by atoms with E-state index in [2.05, 4.69) is 36.5 Å². The van der Waals surface area contributed by atoms with Crippen molar-refractivity contribution in [3.8, 4) is 5.75 Å². The maximum absolute atomic E-state index is 13.7. The predicted octanol–water partition coefficient (Wildman–Crippen LogP) is 6.48. The van der Waals surface area contributed by atoms with E-state index in [4.69, 9.17) is 18.6 Å². The lowest BCUT2D eigenvalue weighted by Gasteiger charge is -2.45. The van der Waals surface area contributed by atoms with Crippen molar-refractivity contribution < 1.29 is 41.4 Å². The first kappa shape index (κ1) is 39.0. The Labute approximate surface area is 317 Å². The third-order valence-electron chi connectivity index (χ3n) is 9.41. The highest BCUT2D eigenvalue weighted by Gasteiger charge is 2.37. The molecule has 1 fully saturated rings. The van der Waals surface area contributed by atoms with E-state index in [9.17, 15) is 27.6 Å². The van der Waals surface area contributed by atoms with E-state index in [1.165, 1.54) is 18.3 Å². The zero-order chi connectivity index (χ0) is 38.8. The standard InChI is InChI=1S/C37H40BrF3N6O7/c1-21-11-31(28(14-27(21)38)44-35(50)45-32-17-42-22(2)16-43-32)53-19-24-18-46(7-10-52-24)33(48)20-51-9-8-47-29-15-30-25(12-23(29)5-6-36(47,3)4)26(37(39,40)41)13-34(49)54-30/h11-17,24H,5-10,18-20H2,1-4H3,(H2,43,44,45,50)/t24-/m0/s1. The van der Waals surface area contributed by atoms with Crippen LogP contribution >= 0.6 is 15.9 Å². The SMILES string of the molecule is Cc1cnc(NC(=O)Nc2cc(Br)c(C)cc2OC[C@@H]2CN(C(=O)COCCN3c4cc5oc(=O)cc(C(F)(F)F)c5cc4CCC3(C)C)CCO2)cn1. The van der Waals surface area contributed by atoms with Crippen LogP contribution in [0.5, 0.6) is 5.75 Å². The second-order valence-electron chi connectivity index (χ2n) is 13.8. The normalized spacial score (nSPS) is 16.9. The maximum atomic E-state index is 13.7. The molecule has 0 radical (unpaired) electrons. The number of anilines is 3. The highest BCUT2D eigenvalue weighted by atomic mass is 79.9. The van der Waals surface area contributed by atoms with E-state index in [0.29, 0.717) is 67.0 Å². The molecule has 288 valence electrons. The fourth-order valence-corrected chi connectivity index (χ4v) is 6.83. The van der Waals surface area contributed by atoms with Gasteiger partial charge < -0.3 is 33.7 Å². The molecule has 2 aromatic heterocycles. The molecule has 2 N–H and O–H groups in total. The Morgan fingerprint density at radius 1 is 1.09 bits per heavy atom. The predicted molar refractivity (Wildman–Crippen MR) is 198 cm³/mol. The van der Waals surface area contributed by atoms with Crippen molar-refractivity contribution in [1.82, 2.24) is 14.9 Å². The smallest absolute Gasteiger partial charge is 0.417 e. The summed E-state index contributed by atoms with van der Waals surface area (Å²) in [6, 6.07) is 6.41. The van der Waals surface area contributed by atoms with Crippen molar-refractivity contribution in [2.24, 2.45) is 0 Å². The molecular weight excluding hydrogens is 777 g/mol. The summed E-state index contributed by atoms with van der Waals surface area (Å²) in [5.41, 5.74) is 0.757. The summed E-state index contributed by atoms with van der Waals surface area (Å²) in [7, 11) is 0. The molecule has 6 rings (SSSR count). The van der Waals surface area contributed by atoms with Crippen LogP contribution in [0.1, 0.15) is 42.7 Å². The Hall–Kier alpha value is -4.74. The molecule has 4 heterocycles. The summed E-state index contributed by atoms with van der Waals surface area (Å²) in [6.07, 6.45) is -0.940. The monoisotopic (exact) mass is 816 g/mol. The minimum absolute atomic E-state index is 0.105. The number of carbonyl (C=O) groups is 2. The molecule has 2 aliphatic rings. The van der Waals surface area contributed by atoms with Gasteiger partial charge in [-0.15, -0.1) is 0 Å². The number of morpholine rings is 1. The molecule has 3 amide bonds. The Bertz CT molecular complexity index is 2090. The number of ether oxygens (including phenoxy) is 3. The van der Waals surface area contributed by atoms with Gasteiger partial charge in [-0.2, -0.15) is 13.2 Å². The third-order valence-corrected chi connectivity index (χ3v) is 10.3. The molecule has 0 bridgehead atoms. The van der Waals surface area contributed by atoms with E-state index < -0.39 is 29.5 Å². The summed E-state index contributed by atoms with van der Waals surface area (Å²) in [5.74, 6) is 0.466. The lowest BCUT2D eigenvalue weighted by atomic mass is 9.86. The quantitative estimate of drug-likeness (QED) is 0.135. The van der Waals surface area contributed by atoms with Gasteiger partial charge in [0, 0.05) is 46.3 Å². The van der Waals surface area contributed by atoms with Crippen molar-refractivity contribution in [3.63, 3.8) is 0 Å². The minimum atomic E-state index is -4.71. The largest absolute Gasteiger partial charge is 0.489 e. The lowest BCUT2D eigenvalue weighted by Crippen LogP contribution is -2.50. The highest BCUT2D eigenvalue weighted by Crippen LogP contribution is 2.41. The fourth-order valence-electron chi connectivity index (χ4n) is 6.49. The van der Waals surface area contributed by atoms with E-state index in [1.54, 1.807) is 30.2 Å². The molecule has 13 nitrogen and oxygen atoms in total. The van der Waals surface area contributed by atoms with Gasteiger partial charge in [-0.3, -0.25) is 15.1 Å². The number of aromatic nitrogens is 2. The van der Waals surface area contributed by atoms with Gasteiger partial charge in [0.2, 0.25) is 5.91 Å². The van der Waals surface area contributed by atoms with Gasteiger partial charge in [0.25, 0.3) is 0 Å². The molecule has 0 unspecified atom stereocenters. The van der Waals surface area contributed by atoms with Crippen molar-refractivity contribution in [2.75, 3.05) is 61.6 Å². The number of hydrogen-bond donors (Lipinski definition) is 2. The van der Waals surface area contributed by atoms with Gasteiger partial charge in [0.15, 0.2) is 5.82 Å². The first-order chi connectivity index (χ1) is 25.6. The van der Waals surface area contributed by atoms with Gasteiger partial charge in [-0.25, -0.2) is 14.6 Å². The van der Waals surface area contributed by atoms with Gasteiger partial charge in [0.1, 0.15) is 30.7 Å². The van der Waals surface area contributed by atoms with Crippen LogP contribution in [0.4, 0.5) is 35.2 Å².